The van der Waals surface area contributed by atoms with Crippen LogP contribution in [0.4, 0.5) is 4.79 Å². The first-order valence-electron chi connectivity index (χ1n) is 8.14. The van der Waals surface area contributed by atoms with Crippen LogP contribution in [0.5, 0.6) is 0 Å². The Balaban J connectivity index is 1.93. The molecule has 0 aromatic rings. The zero-order valence-corrected chi connectivity index (χ0v) is 13.4. The van der Waals surface area contributed by atoms with Gasteiger partial charge in [0, 0.05) is 13.6 Å². The van der Waals surface area contributed by atoms with Gasteiger partial charge in [0.2, 0.25) is 0 Å². The third kappa shape index (κ3) is 3.69. The van der Waals surface area contributed by atoms with Gasteiger partial charge in [-0.1, -0.05) is 20.3 Å². The summed E-state index contributed by atoms with van der Waals surface area (Å²) in [7, 11) is 1.76. The van der Waals surface area contributed by atoms with E-state index in [1.165, 1.54) is 6.42 Å². The Morgan fingerprint density at radius 3 is 2.33 bits per heavy atom. The molecule has 0 aromatic carbocycles. The minimum absolute atomic E-state index is 0.244. The monoisotopic (exact) mass is 296 g/mol. The van der Waals surface area contributed by atoms with Crippen LogP contribution < -0.4 is 5.32 Å². The number of aliphatic carboxylic acids is 1. The van der Waals surface area contributed by atoms with E-state index in [4.69, 9.17) is 0 Å². The van der Waals surface area contributed by atoms with Crippen molar-refractivity contribution in [2.45, 2.75) is 57.9 Å². The lowest BCUT2D eigenvalue weighted by Gasteiger charge is -2.38. The lowest BCUT2D eigenvalue weighted by Crippen LogP contribution is -2.59. The first-order valence-corrected chi connectivity index (χ1v) is 8.14. The highest BCUT2D eigenvalue weighted by Crippen LogP contribution is 2.38. The molecule has 5 nitrogen and oxygen atoms in total. The third-order valence-electron chi connectivity index (χ3n) is 5.42. The van der Waals surface area contributed by atoms with E-state index in [1.54, 1.807) is 11.9 Å². The van der Waals surface area contributed by atoms with Gasteiger partial charge in [0.1, 0.15) is 5.54 Å². The van der Waals surface area contributed by atoms with Crippen LogP contribution in [0.2, 0.25) is 0 Å². The van der Waals surface area contributed by atoms with E-state index in [1.807, 2.05) is 0 Å². The summed E-state index contributed by atoms with van der Waals surface area (Å²) in [5.74, 6) is 0.976. The van der Waals surface area contributed by atoms with Gasteiger partial charge in [0.25, 0.3) is 0 Å². The molecular weight excluding hydrogens is 268 g/mol. The second kappa shape index (κ2) is 6.24. The number of amides is 2. The zero-order valence-electron chi connectivity index (χ0n) is 13.4. The van der Waals surface area contributed by atoms with Gasteiger partial charge in [-0.3, -0.25) is 0 Å². The average Bonchev–Trinajstić information content (AvgIpc) is 3.14. The molecule has 2 amide bonds. The zero-order chi connectivity index (χ0) is 15.6. The van der Waals surface area contributed by atoms with Gasteiger partial charge >= 0.3 is 12.0 Å². The molecule has 120 valence electrons. The van der Waals surface area contributed by atoms with Crippen LogP contribution in [0.25, 0.3) is 0 Å². The summed E-state index contributed by atoms with van der Waals surface area (Å²) in [4.78, 5) is 25.6. The van der Waals surface area contributed by atoms with Crippen molar-refractivity contribution in [1.82, 2.24) is 10.2 Å². The van der Waals surface area contributed by atoms with Crippen molar-refractivity contribution in [1.29, 1.82) is 0 Å². The topological polar surface area (TPSA) is 69.6 Å². The van der Waals surface area contributed by atoms with E-state index in [-0.39, 0.29) is 6.03 Å². The Morgan fingerprint density at radius 1 is 1.33 bits per heavy atom. The maximum Gasteiger partial charge on any atom is 0.329 e. The van der Waals surface area contributed by atoms with E-state index in [2.05, 4.69) is 19.2 Å². The number of carboxylic acids is 1. The van der Waals surface area contributed by atoms with E-state index in [0.717, 1.165) is 25.8 Å². The van der Waals surface area contributed by atoms with Crippen LogP contribution in [0.1, 0.15) is 52.4 Å². The summed E-state index contributed by atoms with van der Waals surface area (Å²) in [6, 6.07) is -0.244. The number of carbonyl (C=O) groups excluding carboxylic acids is 1. The van der Waals surface area contributed by atoms with Crippen LogP contribution in [-0.2, 0) is 4.79 Å². The predicted molar refractivity (Wildman–Crippen MR) is 81.0 cm³/mol. The van der Waals surface area contributed by atoms with Crippen molar-refractivity contribution < 1.29 is 14.7 Å². The number of hydrogen-bond donors (Lipinski definition) is 2. The average molecular weight is 296 g/mol. The minimum atomic E-state index is -1.06. The molecule has 5 heteroatoms. The fraction of sp³-hybridized carbons (Fsp3) is 0.875. The van der Waals surface area contributed by atoms with E-state index in [0.29, 0.717) is 30.6 Å². The second-order valence-electron chi connectivity index (χ2n) is 7.02. The Kier molecular flexibility index (Phi) is 4.79. The van der Waals surface area contributed by atoms with Gasteiger partial charge in [-0.15, -0.1) is 0 Å². The number of nitrogens with one attached hydrogen (secondary N) is 1. The van der Waals surface area contributed by atoms with Crippen molar-refractivity contribution in [2.24, 2.45) is 17.8 Å². The van der Waals surface area contributed by atoms with Crippen LogP contribution in [-0.4, -0.2) is 41.1 Å². The van der Waals surface area contributed by atoms with E-state index in [9.17, 15) is 14.7 Å². The summed E-state index contributed by atoms with van der Waals surface area (Å²) < 4.78 is 0. The van der Waals surface area contributed by atoms with Gasteiger partial charge < -0.3 is 15.3 Å². The molecule has 0 radical (unpaired) electrons. The molecule has 0 aliphatic heterocycles. The highest BCUT2D eigenvalue weighted by atomic mass is 16.4. The molecular formula is C16H28N2O3. The summed E-state index contributed by atoms with van der Waals surface area (Å²) in [6.45, 7) is 5.04. The Bertz CT molecular complexity index is 402. The Morgan fingerprint density at radius 2 is 1.90 bits per heavy atom. The quantitative estimate of drug-likeness (QED) is 0.819. The van der Waals surface area contributed by atoms with Gasteiger partial charge in [-0.2, -0.15) is 0 Å². The van der Waals surface area contributed by atoms with Gasteiger partial charge in [-0.05, 0) is 49.9 Å². The first kappa shape index (κ1) is 16.1. The van der Waals surface area contributed by atoms with Gasteiger partial charge in [-0.25, -0.2) is 9.59 Å². The Labute approximate surface area is 127 Å². The number of nitrogens with zero attached hydrogens (tertiary/aromatic N) is 1. The molecule has 0 heterocycles. The smallest absolute Gasteiger partial charge is 0.329 e. The van der Waals surface area contributed by atoms with Gasteiger partial charge in [0.15, 0.2) is 0 Å². The lowest BCUT2D eigenvalue weighted by atomic mass is 9.75. The van der Waals surface area contributed by atoms with Gasteiger partial charge in [0.05, 0.1) is 0 Å². The van der Waals surface area contributed by atoms with Crippen molar-refractivity contribution in [3.05, 3.63) is 0 Å². The normalized spacial score (nSPS) is 35.1. The molecule has 2 fully saturated rings. The SMILES string of the molecule is CCC1CCC(NC(=O)N(C)CC2CC2C)(C(=O)O)CC1. The fourth-order valence-electron chi connectivity index (χ4n) is 3.36. The van der Waals surface area contributed by atoms with Crippen molar-refractivity contribution in [3.8, 4) is 0 Å². The summed E-state index contributed by atoms with van der Waals surface area (Å²) in [5.41, 5.74) is -1.06. The lowest BCUT2D eigenvalue weighted by molar-refractivity contribution is -0.146. The Hall–Kier alpha value is -1.26. The molecule has 21 heavy (non-hydrogen) atoms. The molecule has 2 N–H and O–H groups in total. The highest BCUT2D eigenvalue weighted by Gasteiger charge is 2.44. The van der Waals surface area contributed by atoms with E-state index >= 15 is 0 Å². The molecule has 0 aromatic heterocycles. The number of urea groups is 1. The molecule has 0 spiro atoms. The molecule has 2 aliphatic carbocycles. The second-order valence-corrected chi connectivity index (χ2v) is 7.02. The van der Waals surface area contributed by atoms with Crippen LogP contribution in [0.3, 0.4) is 0 Å². The summed E-state index contributed by atoms with van der Waals surface area (Å²) >= 11 is 0. The van der Waals surface area contributed by atoms with E-state index < -0.39 is 11.5 Å². The molecule has 0 saturated heterocycles. The summed E-state index contributed by atoms with van der Waals surface area (Å²) in [5, 5.41) is 12.4. The number of rotatable bonds is 5. The third-order valence-corrected chi connectivity index (χ3v) is 5.42. The fourth-order valence-corrected chi connectivity index (χ4v) is 3.36. The molecule has 2 saturated carbocycles. The van der Waals surface area contributed by atoms with Crippen LogP contribution in [0.15, 0.2) is 0 Å². The molecule has 2 unspecified atom stereocenters. The standard InChI is InChI=1S/C16H28N2O3/c1-4-12-5-7-16(8-6-12,14(19)20)17-15(21)18(3)10-13-9-11(13)2/h11-13H,4-10H2,1-3H3,(H,17,21)(H,19,20). The maximum atomic E-state index is 12.3. The number of carboxylic acid groups (broad SMARTS) is 1. The van der Waals surface area contributed by atoms with Crippen molar-refractivity contribution in [2.75, 3.05) is 13.6 Å². The first-order chi connectivity index (χ1) is 9.88. The largest absolute Gasteiger partial charge is 0.480 e. The molecule has 0 bridgehead atoms. The highest BCUT2D eigenvalue weighted by molar-refractivity contribution is 5.86. The number of hydrogen-bond acceptors (Lipinski definition) is 2. The van der Waals surface area contributed by atoms with Crippen molar-refractivity contribution >= 4 is 12.0 Å². The molecule has 2 atom stereocenters. The minimum Gasteiger partial charge on any atom is -0.480 e. The molecule has 2 aliphatic rings. The summed E-state index contributed by atoms with van der Waals surface area (Å²) in [6.07, 6.45) is 5.10. The predicted octanol–water partition coefficient (Wildman–Crippen LogP) is 2.71. The van der Waals surface area contributed by atoms with Crippen molar-refractivity contribution in [3.63, 3.8) is 0 Å². The van der Waals surface area contributed by atoms with Crippen LogP contribution >= 0.6 is 0 Å². The number of carbonyl (C=O) groups is 2. The maximum absolute atomic E-state index is 12.3. The molecule has 2 rings (SSSR count). The van der Waals surface area contributed by atoms with Crippen LogP contribution in [0, 0.1) is 17.8 Å².